The second kappa shape index (κ2) is 7.42. The summed E-state index contributed by atoms with van der Waals surface area (Å²) < 4.78 is 11.4. The van der Waals surface area contributed by atoms with E-state index in [9.17, 15) is 4.79 Å². The Labute approximate surface area is 129 Å². The maximum absolute atomic E-state index is 12.1. The number of anilines is 1. The Balaban J connectivity index is 2.12. The maximum atomic E-state index is 12.1. The van der Waals surface area contributed by atoms with Gasteiger partial charge in [-0.1, -0.05) is 22.0 Å². The van der Waals surface area contributed by atoms with Crippen molar-refractivity contribution in [1.82, 2.24) is 0 Å². The van der Waals surface area contributed by atoms with Gasteiger partial charge in [0.05, 0.1) is 17.2 Å². The molecule has 0 aliphatic carbocycles. The highest BCUT2D eigenvalue weighted by Crippen LogP contribution is 2.29. The van der Waals surface area contributed by atoms with E-state index in [2.05, 4.69) is 21.2 Å². The number of halogens is 1. The number of rotatable bonds is 6. The second-order valence-corrected chi connectivity index (χ2v) is 5.78. The molecule has 0 saturated heterocycles. The first kappa shape index (κ1) is 15.0. The Kier molecular flexibility index (Phi) is 5.58. The number of benzene rings is 1. The summed E-state index contributed by atoms with van der Waals surface area (Å²) in [6.07, 6.45) is 0. The molecule has 0 radical (unpaired) electrons. The molecule has 2 aromatic rings. The van der Waals surface area contributed by atoms with Crippen LogP contribution in [-0.2, 0) is 4.74 Å². The molecule has 0 bridgehead atoms. The summed E-state index contributed by atoms with van der Waals surface area (Å²) in [5.41, 5.74) is 0.633. The van der Waals surface area contributed by atoms with Crippen LogP contribution >= 0.6 is 27.3 Å². The van der Waals surface area contributed by atoms with Crippen molar-refractivity contribution in [2.75, 3.05) is 25.6 Å². The zero-order valence-corrected chi connectivity index (χ0v) is 13.3. The third kappa shape index (κ3) is 4.06. The van der Waals surface area contributed by atoms with Gasteiger partial charge in [0.1, 0.15) is 12.4 Å². The molecule has 1 N–H and O–H groups in total. The van der Waals surface area contributed by atoms with Gasteiger partial charge in [0.2, 0.25) is 0 Å². The lowest BCUT2D eigenvalue weighted by Crippen LogP contribution is -2.12. The van der Waals surface area contributed by atoms with Gasteiger partial charge in [-0.15, -0.1) is 11.3 Å². The number of nitrogens with one attached hydrogen (secondary N) is 1. The van der Waals surface area contributed by atoms with Crippen molar-refractivity contribution in [3.63, 3.8) is 0 Å². The Morgan fingerprint density at radius 2 is 2.20 bits per heavy atom. The monoisotopic (exact) mass is 355 g/mol. The molecule has 1 aromatic carbocycles. The highest BCUT2D eigenvalue weighted by atomic mass is 79.9. The number of ether oxygens (including phenoxy) is 2. The van der Waals surface area contributed by atoms with Gasteiger partial charge in [-0.25, -0.2) is 0 Å². The van der Waals surface area contributed by atoms with Crippen LogP contribution in [0.3, 0.4) is 0 Å². The van der Waals surface area contributed by atoms with Gasteiger partial charge >= 0.3 is 0 Å². The van der Waals surface area contributed by atoms with Crippen LogP contribution in [0.1, 0.15) is 9.67 Å². The van der Waals surface area contributed by atoms with E-state index in [0.29, 0.717) is 29.5 Å². The SMILES string of the molecule is COCCOc1ccc(Br)cc1NC(=O)c1cccs1. The predicted molar refractivity (Wildman–Crippen MR) is 83.8 cm³/mol. The van der Waals surface area contributed by atoms with E-state index in [-0.39, 0.29) is 5.91 Å². The molecule has 0 saturated carbocycles. The lowest BCUT2D eigenvalue weighted by molar-refractivity contribution is 0.102. The van der Waals surface area contributed by atoms with E-state index in [4.69, 9.17) is 9.47 Å². The second-order valence-electron chi connectivity index (χ2n) is 3.91. The van der Waals surface area contributed by atoms with Crippen molar-refractivity contribution < 1.29 is 14.3 Å². The minimum atomic E-state index is -0.144. The average molecular weight is 356 g/mol. The lowest BCUT2D eigenvalue weighted by atomic mass is 10.3. The fourth-order valence-corrected chi connectivity index (χ4v) is 2.53. The Bertz CT molecular complexity index is 572. The standard InChI is InChI=1S/C14H14BrNO3S/c1-18-6-7-19-12-5-4-10(15)9-11(12)16-14(17)13-3-2-8-20-13/h2-5,8-9H,6-7H2,1H3,(H,16,17). The lowest BCUT2D eigenvalue weighted by Gasteiger charge is -2.12. The quantitative estimate of drug-likeness (QED) is 0.802. The van der Waals surface area contributed by atoms with Gasteiger partial charge in [0, 0.05) is 11.6 Å². The van der Waals surface area contributed by atoms with E-state index in [1.54, 1.807) is 13.2 Å². The zero-order valence-electron chi connectivity index (χ0n) is 10.9. The highest BCUT2D eigenvalue weighted by Gasteiger charge is 2.11. The molecular formula is C14H14BrNO3S. The minimum absolute atomic E-state index is 0.144. The minimum Gasteiger partial charge on any atom is -0.489 e. The van der Waals surface area contributed by atoms with Gasteiger partial charge in [0.25, 0.3) is 5.91 Å². The van der Waals surface area contributed by atoms with Gasteiger partial charge in [-0.05, 0) is 29.6 Å². The van der Waals surface area contributed by atoms with E-state index >= 15 is 0 Å². The molecule has 20 heavy (non-hydrogen) atoms. The van der Waals surface area contributed by atoms with Crippen LogP contribution in [0.2, 0.25) is 0 Å². The van der Waals surface area contributed by atoms with E-state index in [1.165, 1.54) is 11.3 Å². The zero-order chi connectivity index (χ0) is 14.4. The van der Waals surface area contributed by atoms with Crippen LogP contribution in [0.4, 0.5) is 5.69 Å². The summed E-state index contributed by atoms with van der Waals surface area (Å²) in [7, 11) is 1.62. The molecule has 0 aliphatic rings. The fourth-order valence-electron chi connectivity index (χ4n) is 1.55. The number of amides is 1. The summed E-state index contributed by atoms with van der Waals surface area (Å²) in [5.74, 6) is 0.477. The number of methoxy groups -OCH3 is 1. The molecule has 0 fully saturated rings. The summed E-state index contributed by atoms with van der Waals surface area (Å²) in [4.78, 5) is 12.7. The number of carbonyl (C=O) groups excluding carboxylic acids is 1. The number of hydrogen-bond donors (Lipinski definition) is 1. The molecule has 1 aromatic heterocycles. The summed E-state index contributed by atoms with van der Waals surface area (Å²) in [5, 5.41) is 4.72. The van der Waals surface area contributed by atoms with Crippen molar-refractivity contribution in [3.05, 3.63) is 45.1 Å². The van der Waals surface area contributed by atoms with Crippen molar-refractivity contribution in [1.29, 1.82) is 0 Å². The van der Waals surface area contributed by atoms with E-state index in [0.717, 1.165) is 4.47 Å². The van der Waals surface area contributed by atoms with Crippen LogP contribution in [0.5, 0.6) is 5.75 Å². The molecule has 1 amide bonds. The van der Waals surface area contributed by atoms with Crippen molar-refractivity contribution in [3.8, 4) is 5.75 Å². The third-order valence-electron chi connectivity index (χ3n) is 2.48. The number of thiophene rings is 1. The van der Waals surface area contributed by atoms with Crippen molar-refractivity contribution >= 4 is 38.9 Å². The van der Waals surface area contributed by atoms with Gasteiger partial charge in [-0.2, -0.15) is 0 Å². The Morgan fingerprint density at radius 1 is 1.35 bits per heavy atom. The molecule has 106 valence electrons. The highest BCUT2D eigenvalue weighted by molar-refractivity contribution is 9.10. The summed E-state index contributed by atoms with van der Waals surface area (Å²) >= 11 is 4.79. The number of carbonyl (C=O) groups is 1. The maximum Gasteiger partial charge on any atom is 0.265 e. The summed E-state index contributed by atoms with van der Waals surface area (Å²) in [6, 6.07) is 9.11. The van der Waals surface area contributed by atoms with Crippen LogP contribution in [0.15, 0.2) is 40.2 Å². The molecular weight excluding hydrogens is 342 g/mol. The molecule has 6 heteroatoms. The molecule has 1 heterocycles. The van der Waals surface area contributed by atoms with E-state index in [1.807, 2.05) is 29.6 Å². The van der Waals surface area contributed by atoms with Crippen molar-refractivity contribution in [2.24, 2.45) is 0 Å². The van der Waals surface area contributed by atoms with Crippen molar-refractivity contribution in [2.45, 2.75) is 0 Å². The smallest absolute Gasteiger partial charge is 0.265 e. The molecule has 2 rings (SSSR count). The first-order chi connectivity index (χ1) is 9.70. The van der Waals surface area contributed by atoms with Gasteiger partial charge < -0.3 is 14.8 Å². The Morgan fingerprint density at radius 3 is 2.90 bits per heavy atom. The number of hydrogen-bond acceptors (Lipinski definition) is 4. The third-order valence-corrected chi connectivity index (χ3v) is 3.84. The van der Waals surface area contributed by atoms with Crippen LogP contribution in [0, 0.1) is 0 Å². The molecule has 0 spiro atoms. The summed E-state index contributed by atoms with van der Waals surface area (Å²) in [6.45, 7) is 0.925. The van der Waals surface area contributed by atoms with Crippen LogP contribution in [-0.4, -0.2) is 26.2 Å². The van der Waals surface area contributed by atoms with Gasteiger partial charge in [-0.3, -0.25) is 4.79 Å². The van der Waals surface area contributed by atoms with E-state index < -0.39 is 0 Å². The fraction of sp³-hybridized carbons (Fsp3) is 0.214. The van der Waals surface area contributed by atoms with Crippen LogP contribution < -0.4 is 10.1 Å². The average Bonchev–Trinajstić information content (AvgIpc) is 2.95. The topological polar surface area (TPSA) is 47.6 Å². The first-order valence-electron chi connectivity index (χ1n) is 5.97. The van der Waals surface area contributed by atoms with Gasteiger partial charge in [0.15, 0.2) is 0 Å². The normalized spacial score (nSPS) is 10.3. The molecule has 4 nitrogen and oxygen atoms in total. The van der Waals surface area contributed by atoms with Crippen LogP contribution in [0.25, 0.3) is 0 Å². The largest absolute Gasteiger partial charge is 0.489 e. The first-order valence-corrected chi connectivity index (χ1v) is 7.64. The molecule has 0 aliphatic heterocycles. The molecule has 0 unspecified atom stereocenters. The molecule has 0 atom stereocenters. The predicted octanol–water partition coefficient (Wildman–Crippen LogP) is 3.79. The Hall–Kier alpha value is -1.37.